The summed E-state index contributed by atoms with van der Waals surface area (Å²) in [4.78, 5) is 2.13. The lowest BCUT2D eigenvalue weighted by Crippen LogP contribution is -2.32. The first-order valence-electron chi connectivity index (χ1n) is 5.52. The van der Waals surface area contributed by atoms with Crippen LogP contribution < -0.4 is 10.6 Å². The largest absolute Gasteiger partial charge is 0.397 e. The third-order valence-electron chi connectivity index (χ3n) is 2.84. The predicted molar refractivity (Wildman–Crippen MR) is 68.6 cm³/mol. The van der Waals surface area contributed by atoms with Crippen molar-refractivity contribution >= 4 is 23.0 Å². The maximum Gasteiger partial charge on any atom is 0.143 e. The van der Waals surface area contributed by atoms with Gasteiger partial charge in [-0.2, -0.15) is 0 Å². The Morgan fingerprint density at radius 1 is 1.44 bits per heavy atom. The molecule has 1 aromatic rings. The summed E-state index contributed by atoms with van der Waals surface area (Å²) in [6.45, 7) is 7.08. The molecule has 0 saturated carbocycles. The molecule has 0 bridgehead atoms. The Morgan fingerprint density at radius 3 is 2.56 bits per heavy atom. The fraction of sp³-hybridized carbons (Fsp3) is 0.500. The maximum absolute atomic E-state index is 13.2. The maximum atomic E-state index is 13.2. The van der Waals surface area contributed by atoms with Crippen LogP contribution in [0.1, 0.15) is 27.2 Å². The van der Waals surface area contributed by atoms with E-state index in [4.69, 9.17) is 17.3 Å². The Balaban J connectivity index is 3.15. The van der Waals surface area contributed by atoms with E-state index in [2.05, 4.69) is 18.7 Å². The molecule has 0 aliphatic heterocycles. The SMILES string of the molecule is CCC(C)N(CC)c1cc(Cl)c(F)cc1N. The van der Waals surface area contributed by atoms with Crippen LogP contribution in [0.15, 0.2) is 12.1 Å². The zero-order valence-corrected chi connectivity index (χ0v) is 10.7. The van der Waals surface area contributed by atoms with Crippen molar-refractivity contribution in [2.75, 3.05) is 17.2 Å². The summed E-state index contributed by atoms with van der Waals surface area (Å²) >= 11 is 5.78. The van der Waals surface area contributed by atoms with E-state index in [-0.39, 0.29) is 5.02 Å². The minimum Gasteiger partial charge on any atom is -0.397 e. The van der Waals surface area contributed by atoms with Crippen molar-refractivity contribution in [2.45, 2.75) is 33.2 Å². The van der Waals surface area contributed by atoms with Crippen molar-refractivity contribution < 1.29 is 4.39 Å². The molecule has 0 aliphatic rings. The molecule has 0 saturated heterocycles. The van der Waals surface area contributed by atoms with E-state index in [1.165, 1.54) is 6.07 Å². The van der Waals surface area contributed by atoms with Crippen LogP contribution in [0.25, 0.3) is 0 Å². The summed E-state index contributed by atoms with van der Waals surface area (Å²) in [7, 11) is 0. The van der Waals surface area contributed by atoms with Gasteiger partial charge in [0.2, 0.25) is 0 Å². The van der Waals surface area contributed by atoms with Gasteiger partial charge in [-0.3, -0.25) is 0 Å². The van der Waals surface area contributed by atoms with E-state index in [9.17, 15) is 4.39 Å². The van der Waals surface area contributed by atoms with Crippen LogP contribution >= 0.6 is 11.6 Å². The van der Waals surface area contributed by atoms with Crippen molar-refractivity contribution in [3.63, 3.8) is 0 Å². The minimum absolute atomic E-state index is 0.117. The predicted octanol–water partition coefficient (Wildman–Crippen LogP) is 3.69. The lowest BCUT2D eigenvalue weighted by molar-refractivity contribution is 0.620. The Morgan fingerprint density at radius 2 is 2.06 bits per heavy atom. The molecule has 4 heteroatoms. The Hall–Kier alpha value is -0.960. The van der Waals surface area contributed by atoms with Gasteiger partial charge in [0.15, 0.2) is 0 Å². The first kappa shape index (κ1) is 13.1. The number of hydrogen-bond acceptors (Lipinski definition) is 2. The van der Waals surface area contributed by atoms with Crippen LogP contribution in [0, 0.1) is 5.82 Å². The Kier molecular flexibility index (Phi) is 4.42. The number of nitrogens with zero attached hydrogens (tertiary/aromatic N) is 1. The summed E-state index contributed by atoms with van der Waals surface area (Å²) in [6, 6.07) is 3.23. The van der Waals surface area contributed by atoms with E-state index in [1.54, 1.807) is 6.07 Å². The second-order valence-electron chi connectivity index (χ2n) is 3.87. The van der Waals surface area contributed by atoms with Crippen LogP contribution in [0.3, 0.4) is 0 Å². The standard InChI is InChI=1S/C12H18ClFN2/c1-4-8(3)16(5-2)12-6-9(13)10(14)7-11(12)15/h6-8H,4-5,15H2,1-3H3. The summed E-state index contributed by atoms with van der Waals surface area (Å²) in [5, 5.41) is 0.117. The molecule has 0 amide bonds. The number of benzene rings is 1. The number of nitrogen functional groups attached to an aromatic ring is 1. The highest BCUT2D eigenvalue weighted by atomic mass is 35.5. The van der Waals surface area contributed by atoms with Crippen molar-refractivity contribution in [1.82, 2.24) is 0 Å². The van der Waals surface area contributed by atoms with Gasteiger partial charge in [0.25, 0.3) is 0 Å². The van der Waals surface area contributed by atoms with Crippen LogP contribution in [-0.2, 0) is 0 Å². The molecule has 0 aliphatic carbocycles. The molecule has 0 heterocycles. The van der Waals surface area contributed by atoms with Crippen molar-refractivity contribution in [1.29, 1.82) is 0 Å². The normalized spacial score (nSPS) is 12.6. The molecule has 2 N–H and O–H groups in total. The Labute approximate surface area is 101 Å². The van der Waals surface area contributed by atoms with Crippen molar-refractivity contribution in [3.05, 3.63) is 23.0 Å². The molecule has 1 unspecified atom stereocenters. The van der Waals surface area contributed by atoms with E-state index in [1.807, 2.05) is 6.92 Å². The molecule has 0 fully saturated rings. The van der Waals surface area contributed by atoms with Gasteiger partial charge in [-0.15, -0.1) is 0 Å². The quantitative estimate of drug-likeness (QED) is 0.819. The highest BCUT2D eigenvalue weighted by molar-refractivity contribution is 6.31. The van der Waals surface area contributed by atoms with Gasteiger partial charge < -0.3 is 10.6 Å². The van der Waals surface area contributed by atoms with Crippen LogP contribution in [-0.4, -0.2) is 12.6 Å². The first-order chi connectivity index (χ1) is 7.51. The molecule has 1 atom stereocenters. The lowest BCUT2D eigenvalue weighted by Gasteiger charge is -2.30. The number of nitrogens with two attached hydrogens (primary N) is 1. The van der Waals surface area contributed by atoms with Gasteiger partial charge in [-0.25, -0.2) is 4.39 Å². The summed E-state index contributed by atoms with van der Waals surface area (Å²) in [5.74, 6) is -0.469. The average molecular weight is 245 g/mol. The summed E-state index contributed by atoms with van der Waals surface area (Å²) in [5.41, 5.74) is 7.06. The molecule has 1 aromatic carbocycles. The summed E-state index contributed by atoms with van der Waals surface area (Å²) < 4.78 is 13.2. The second-order valence-corrected chi connectivity index (χ2v) is 4.28. The number of halogens is 2. The highest BCUT2D eigenvalue weighted by Gasteiger charge is 2.15. The van der Waals surface area contributed by atoms with Crippen molar-refractivity contribution in [3.8, 4) is 0 Å². The fourth-order valence-corrected chi connectivity index (χ4v) is 1.90. The van der Waals surface area contributed by atoms with Crippen LogP contribution in [0.2, 0.25) is 5.02 Å². The molecule has 2 nitrogen and oxygen atoms in total. The van der Waals surface area contributed by atoms with Gasteiger partial charge in [0.05, 0.1) is 16.4 Å². The van der Waals surface area contributed by atoms with E-state index in [0.717, 1.165) is 18.7 Å². The molecular formula is C12H18ClFN2. The average Bonchev–Trinajstić information content (AvgIpc) is 2.26. The van der Waals surface area contributed by atoms with E-state index in [0.29, 0.717) is 11.7 Å². The molecular weight excluding hydrogens is 227 g/mol. The minimum atomic E-state index is -0.469. The van der Waals surface area contributed by atoms with Gasteiger partial charge in [0, 0.05) is 18.7 Å². The lowest BCUT2D eigenvalue weighted by atomic mass is 10.1. The second kappa shape index (κ2) is 5.39. The van der Waals surface area contributed by atoms with Gasteiger partial charge in [-0.1, -0.05) is 18.5 Å². The molecule has 0 aromatic heterocycles. The fourth-order valence-electron chi connectivity index (χ4n) is 1.74. The monoisotopic (exact) mass is 244 g/mol. The van der Waals surface area contributed by atoms with E-state index < -0.39 is 5.82 Å². The van der Waals surface area contributed by atoms with Crippen LogP contribution in [0.5, 0.6) is 0 Å². The smallest absolute Gasteiger partial charge is 0.143 e. The third kappa shape index (κ3) is 2.59. The topological polar surface area (TPSA) is 29.3 Å². The summed E-state index contributed by atoms with van der Waals surface area (Å²) in [6.07, 6.45) is 1.00. The molecule has 16 heavy (non-hydrogen) atoms. The number of hydrogen-bond donors (Lipinski definition) is 1. The first-order valence-corrected chi connectivity index (χ1v) is 5.90. The third-order valence-corrected chi connectivity index (χ3v) is 3.13. The Bertz CT molecular complexity index is 368. The van der Waals surface area contributed by atoms with Gasteiger partial charge >= 0.3 is 0 Å². The number of rotatable bonds is 4. The van der Waals surface area contributed by atoms with Gasteiger partial charge in [0.1, 0.15) is 5.82 Å². The van der Waals surface area contributed by atoms with E-state index >= 15 is 0 Å². The molecule has 1 rings (SSSR count). The zero-order chi connectivity index (χ0) is 12.3. The molecule has 90 valence electrons. The molecule has 0 radical (unpaired) electrons. The van der Waals surface area contributed by atoms with Gasteiger partial charge in [-0.05, 0) is 26.3 Å². The zero-order valence-electron chi connectivity index (χ0n) is 9.93. The molecule has 0 spiro atoms. The van der Waals surface area contributed by atoms with Crippen LogP contribution in [0.4, 0.5) is 15.8 Å². The highest BCUT2D eigenvalue weighted by Crippen LogP contribution is 2.30. The van der Waals surface area contributed by atoms with Crippen molar-refractivity contribution in [2.24, 2.45) is 0 Å². The number of anilines is 2.